The van der Waals surface area contributed by atoms with E-state index in [1.807, 2.05) is 4.90 Å². The number of carbonyl (C=O) groups excluding carboxylic acids is 1. The number of alkyl halides is 3. The van der Waals surface area contributed by atoms with Crippen LogP contribution in [0.5, 0.6) is 0 Å². The van der Waals surface area contributed by atoms with Crippen molar-refractivity contribution in [3.63, 3.8) is 0 Å². The molecule has 2 aliphatic heterocycles. The van der Waals surface area contributed by atoms with Gasteiger partial charge in [0.25, 0.3) is 5.91 Å². The molecule has 4 heterocycles. The zero-order valence-electron chi connectivity index (χ0n) is 15.4. The van der Waals surface area contributed by atoms with Crippen molar-refractivity contribution < 1.29 is 27.5 Å². The van der Waals surface area contributed by atoms with Gasteiger partial charge in [-0.15, -0.1) is 0 Å². The van der Waals surface area contributed by atoms with Crippen LogP contribution >= 0.6 is 0 Å². The van der Waals surface area contributed by atoms with E-state index >= 15 is 0 Å². The Labute approximate surface area is 167 Å². The Morgan fingerprint density at radius 3 is 2.60 bits per heavy atom. The van der Waals surface area contributed by atoms with Gasteiger partial charge >= 0.3 is 6.18 Å². The first kappa shape index (κ1) is 20.1. The number of amides is 1. The average Bonchev–Trinajstić information content (AvgIpc) is 3.10. The Morgan fingerprint density at radius 2 is 2.00 bits per heavy atom. The standard InChI is InChI=1S/C18H16F4N6O2/c19-10-5-9(7-24-11(10)6-23)28-3-1-8(2-4-28)14-12-13(18(20,21)22)15(29)17(30)25-16(12)27-26-14/h5,7-8,13,15,29H,1-4H2,(H2,25,26,27,30)/t13-,15-/m0/s1. The van der Waals surface area contributed by atoms with Gasteiger partial charge in [-0.05, 0) is 12.8 Å². The number of hydrogen-bond acceptors (Lipinski definition) is 6. The fraction of sp³-hybridized carbons (Fsp3) is 0.444. The molecule has 30 heavy (non-hydrogen) atoms. The van der Waals surface area contributed by atoms with Crippen LogP contribution in [0.25, 0.3) is 0 Å². The fourth-order valence-corrected chi connectivity index (χ4v) is 4.03. The Hall–Kier alpha value is -3.20. The Balaban J connectivity index is 1.56. The number of piperidine rings is 1. The highest BCUT2D eigenvalue weighted by Gasteiger charge is 2.53. The molecular formula is C18H16F4N6O2. The van der Waals surface area contributed by atoms with Crippen molar-refractivity contribution in [2.75, 3.05) is 23.3 Å². The largest absolute Gasteiger partial charge is 0.398 e. The molecule has 158 valence electrons. The number of rotatable bonds is 2. The molecule has 0 aromatic carbocycles. The number of aromatic nitrogens is 3. The van der Waals surface area contributed by atoms with E-state index < -0.39 is 29.9 Å². The number of halogens is 4. The smallest absolute Gasteiger partial charge is 0.382 e. The van der Waals surface area contributed by atoms with E-state index in [2.05, 4.69) is 20.5 Å². The van der Waals surface area contributed by atoms with Crippen molar-refractivity contribution in [3.05, 3.63) is 35.0 Å². The molecule has 0 saturated carbocycles. The van der Waals surface area contributed by atoms with Crippen molar-refractivity contribution in [1.29, 1.82) is 5.26 Å². The molecule has 8 nitrogen and oxygen atoms in total. The topological polar surface area (TPSA) is 118 Å². The molecule has 12 heteroatoms. The molecule has 1 fully saturated rings. The lowest BCUT2D eigenvalue weighted by molar-refractivity contribution is -0.177. The second-order valence-electron chi connectivity index (χ2n) is 7.25. The first-order valence-electron chi connectivity index (χ1n) is 9.15. The Morgan fingerprint density at radius 1 is 1.30 bits per heavy atom. The second-order valence-corrected chi connectivity index (χ2v) is 7.25. The van der Waals surface area contributed by atoms with Crippen molar-refractivity contribution in [2.45, 2.75) is 37.0 Å². The summed E-state index contributed by atoms with van der Waals surface area (Å²) in [6.07, 6.45) is -4.84. The molecule has 2 aromatic heterocycles. The number of aliphatic hydroxyl groups is 1. The average molecular weight is 424 g/mol. The fourth-order valence-electron chi connectivity index (χ4n) is 4.03. The van der Waals surface area contributed by atoms with E-state index in [9.17, 15) is 27.5 Å². The van der Waals surface area contributed by atoms with Crippen LogP contribution in [0, 0.1) is 17.1 Å². The van der Waals surface area contributed by atoms with Crippen LogP contribution in [0.3, 0.4) is 0 Å². The molecular weight excluding hydrogens is 408 g/mol. The molecule has 0 aliphatic carbocycles. The maximum atomic E-state index is 13.8. The van der Waals surface area contributed by atoms with Crippen molar-refractivity contribution in [1.82, 2.24) is 15.2 Å². The third kappa shape index (κ3) is 3.35. The van der Waals surface area contributed by atoms with Gasteiger partial charge in [0.05, 0.1) is 17.6 Å². The van der Waals surface area contributed by atoms with E-state index in [-0.39, 0.29) is 28.7 Å². The van der Waals surface area contributed by atoms with Crippen LogP contribution < -0.4 is 10.2 Å². The molecule has 2 atom stereocenters. The SMILES string of the molecule is N#Cc1ncc(N2CCC(c3n[nH]c4c3[C@H](C(F)(F)F)[C@H](O)C(=O)N4)CC2)cc1F. The van der Waals surface area contributed by atoms with Gasteiger partial charge < -0.3 is 15.3 Å². The van der Waals surface area contributed by atoms with Crippen molar-refractivity contribution >= 4 is 17.4 Å². The highest BCUT2D eigenvalue weighted by molar-refractivity contribution is 5.97. The molecule has 3 N–H and O–H groups in total. The summed E-state index contributed by atoms with van der Waals surface area (Å²) in [5.74, 6) is -4.72. The van der Waals surface area contributed by atoms with Crippen LogP contribution in [0.1, 0.15) is 41.6 Å². The second kappa shape index (κ2) is 7.24. The summed E-state index contributed by atoms with van der Waals surface area (Å²) in [5.41, 5.74) is 0.0923. The van der Waals surface area contributed by atoms with Gasteiger partial charge in [-0.3, -0.25) is 9.89 Å². The minimum atomic E-state index is -4.82. The van der Waals surface area contributed by atoms with E-state index in [4.69, 9.17) is 5.26 Å². The third-order valence-corrected chi connectivity index (χ3v) is 5.51. The predicted molar refractivity (Wildman–Crippen MR) is 95.1 cm³/mol. The summed E-state index contributed by atoms with van der Waals surface area (Å²) in [7, 11) is 0. The monoisotopic (exact) mass is 424 g/mol. The summed E-state index contributed by atoms with van der Waals surface area (Å²) in [4.78, 5) is 17.3. The zero-order chi connectivity index (χ0) is 21.6. The Kier molecular flexibility index (Phi) is 4.85. The van der Waals surface area contributed by atoms with Gasteiger partial charge in [-0.1, -0.05) is 0 Å². The summed E-state index contributed by atoms with van der Waals surface area (Å²) in [6, 6.07) is 2.85. The molecule has 0 unspecified atom stereocenters. The van der Waals surface area contributed by atoms with Crippen LogP contribution in [-0.4, -0.2) is 51.6 Å². The molecule has 2 aromatic rings. The number of nitriles is 1. The molecule has 0 bridgehead atoms. The minimum absolute atomic E-state index is 0.150. The minimum Gasteiger partial charge on any atom is -0.382 e. The van der Waals surface area contributed by atoms with Crippen molar-refractivity contribution in [2.24, 2.45) is 0 Å². The van der Waals surface area contributed by atoms with E-state index in [0.717, 1.165) is 0 Å². The maximum absolute atomic E-state index is 13.8. The highest BCUT2D eigenvalue weighted by atomic mass is 19.4. The van der Waals surface area contributed by atoms with Gasteiger partial charge in [0.1, 0.15) is 23.9 Å². The summed E-state index contributed by atoms with van der Waals surface area (Å²) < 4.78 is 54.6. The molecule has 4 rings (SSSR count). The number of H-pyrrole nitrogens is 1. The van der Waals surface area contributed by atoms with E-state index in [1.54, 1.807) is 6.07 Å². The van der Waals surface area contributed by atoms with Crippen molar-refractivity contribution in [3.8, 4) is 6.07 Å². The van der Waals surface area contributed by atoms with Crippen LogP contribution in [0.4, 0.5) is 29.1 Å². The lowest BCUT2D eigenvalue weighted by Gasteiger charge is -2.35. The van der Waals surface area contributed by atoms with Gasteiger partial charge in [-0.2, -0.15) is 23.5 Å². The van der Waals surface area contributed by atoms with Gasteiger partial charge in [0, 0.05) is 30.6 Å². The van der Waals surface area contributed by atoms with Crippen LogP contribution in [0.2, 0.25) is 0 Å². The first-order valence-corrected chi connectivity index (χ1v) is 9.15. The van der Waals surface area contributed by atoms with Gasteiger partial charge in [0.15, 0.2) is 11.5 Å². The summed E-state index contributed by atoms with van der Waals surface area (Å²) >= 11 is 0. The molecule has 0 radical (unpaired) electrons. The quantitative estimate of drug-likeness (QED) is 0.636. The number of fused-ring (bicyclic) bond motifs is 1. The predicted octanol–water partition coefficient (Wildman–Crippen LogP) is 2.16. The zero-order valence-corrected chi connectivity index (χ0v) is 15.4. The number of pyridine rings is 1. The first-order chi connectivity index (χ1) is 14.2. The molecule has 1 amide bonds. The number of anilines is 2. The highest BCUT2D eigenvalue weighted by Crippen LogP contribution is 2.47. The molecule has 1 saturated heterocycles. The number of aliphatic hydroxyl groups excluding tert-OH is 1. The number of carbonyl (C=O) groups is 1. The normalized spacial score (nSPS) is 22.4. The lowest BCUT2D eigenvalue weighted by atomic mass is 9.83. The number of nitrogens with one attached hydrogen (secondary N) is 2. The summed E-state index contributed by atoms with van der Waals surface area (Å²) in [6.45, 7) is 0.815. The van der Waals surface area contributed by atoms with E-state index in [0.29, 0.717) is 31.6 Å². The number of aromatic amines is 1. The Bertz CT molecular complexity index is 1020. The number of hydrogen-bond donors (Lipinski definition) is 3. The van der Waals surface area contributed by atoms with Crippen LogP contribution in [0.15, 0.2) is 12.3 Å². The summed E-state index contributed by atoms with van der Waals surface area (Å²) in [5, 5.41) is 27.3. The number of nitrogens with zero attached hydrogens (tertiary/aromatic N) is 4. The van der Waals surface area contributed by atoms with Gasteiger partial charge in [0.2, 0.25) is 0 Å². The van der Waals surface area contributed by atoms with Crippen LogP contribution in [-0.2, 0) is 4.79 Å². The van der Waals surface area contributed by atoms with E-state index in [1.165, 1.54) is 12.3 Å². The molecule has 0 spiro atoms. The maximum Gasteiger partial charge on any atom is 0.398 e. The third-order valence-electron chi connectivity index (χ3n) is 5.51. The van der Waals surface area contributed by atoms with Gasteiger partial charge in [-0.25, -0.2) is 9.37 Å². The lowest BCUT2D eigenvalue weighted by Crippen LogP contribution is -2.44. The molecule has 2 aliphatic rings.